The first kappa shape index (κ1) is 22.1. The van der Waals surface area contributed by atoms with Crippen molar-refractivity contribution >= 4 is 11.6 Å². The summed E-state index contributed by atoms with van der Waals surface area (Å²) in [5.41, 5.74) is 3.19. The van der Waals surface area contributed by atoms with Crippen molar-refractivity contribution in [3.8, 4) is 5.75 Å². The second-order valence-corrected chi connectivity index (χ2v) is 7.61. The zero-order chi connectivity index (χ0) is 21.2. The number of hydrogen-bond acceptors (Lipinski definition) is 5. The predicted octanol–water partition coefficient (Wildman–Crippen LogP) is 2.96. The smallest absolute Gasteiger partial charge is 0.255 e. The Balaban J connectivity index is 1.37. The Bertz CT molecular complexity index is 804. The lowest BCUT2D eigenvalue weighted by Crippen LogP contribution is -2.47. The summed E-state index contributed by atoms with van der Waals surface area (Å²) in [5.74, 6) is 0.506. The number of hydrogen-bond donors (Lipinski definition) is 1. The molecule has 1 aliphatic rings. The molecule has 1 heterocycles. The maximum absolute atomic E-state index is 12.5. The monoisotopic (exact) mass is 411 g/mol. The molecule has 1 fully saturated rings. The molecule has 0 bridgehead atoms. The van der Waals surface area contributed by atoms with Crippen LogP contribution in [0.5, 0.6) is 5.75 Å². The Morgan fingerprint density at radius 2 is 1.83 bits per heavy atom. The summed E-state index contributed by atoms with van der Waals surface area (Å²) in [6, 6.07) is 16.0. The lowest BCUT2D eigenvalue weighted by Gasteiger charge is -2.36. The highest BCUT2D eigenvalue weighted by Gasteiger charge is 2.17. The Morgan fingerprint density at radius 3 is 2.60 bits per heavy atom. The van der Waals surface area contributed by atoms with Crippen LogP contribution in [0.15, 0.2) is 48.5 Å². The summed E-state index contributed by atoms with van der Waals surface area (Å²) in [7, 11) is 1.63. The third-order valence-corrected chi connectivity index (χ3v) is 5.35. The Labute approximate surface area is 179 Å². The summed E-state index contributed by atoms with van der Waals surface area (Å²) in [6.45, 7) is 8.90. The van der Waals surface area contributed by atoms with Crippen LogP contribution >= 0.6 is 0 Å². The van der Waals surface area contributed by atoms with Crippen molar-refractivity contribution in [2.45, 2.75) is 13.3 Å². The van der Waals surface area contributed by atoms with Crippen molar-refractivity contribution in [3.63, 3.8) is 0 Å². The van der Waals surface area contributed by atoms with Crippen LogP contribution in [0.2, 0.25) is 0 Å². The van der Waals surface area contributed by atoms with Crippen LogP contribution in [-0.4, -0.2) is 70.4 Å². The Kier molecular flexibility index (Phi) is 8.53. The fourth-order valence-corrected chi connectivity index (χ4v) is 3.67. The number of anilines is 1. The number of methoxy groups -OCH3 is 1. The van der Waals surface area contributed by atoms with Crippen molar-refractivity contribution in [1.82, 2.24) is 10.2 Å². The highest BCUT2D eigenvalue weighted by Crippen LogP contribution is 2.19. The Morgan fingerprint density at radius 1 is 1.03 bits per heavy atom. The second-order valence-electron chi connectivity index (χ2n) is 7.61. The van der Waals surface area contributed by atoms with Gasteiger partial charge >= 0.3 is 0 Å². The first-order valence-corrected chi connectivity index (χ1v) is 10.7. The molecule has 0 spiro atoms. The number of nitrogens with zero attached hydrogens (tertiary/aromatic N) is 2. The second kappa shape index (κ2) is 11.6. The molecule has 162 valence electrons. The van der Waals surface area contributed by atoms with Crippen molar-refractivity contribution in [1.29, 1.82) is 0 Å². The normalized spacial score (nSPS) is 14.5. The van der Waals surface area contributed by atoms with E-state index in [-0.39, 0.29) is 5.91 Å². The van der Waals surface area contributed by atoms with Gasteiger partial charge in [0.25, 0.3) is 5.91 Å². The van der Waals surface area contributed by atoms with Crippen LogP contribution in [0.25, 0.3) is 0 Å². The van der Waals surface area contributed by atoms with E-state index >= 15 is 0 Å². The molecular weight excluding hydrogens is 378 g/mol. The number of rotatable bonds is 10. The molecule has 2 aromatic carbocycles. The zero-order valence-corrected chi connectivity index (χ0v) is 18.1. The number of carbonyl (C=O) groups is 1. The summed E-state index contributed by atoms with van der Waals surface area (Å²) < 4.78 is 10.7. The molecule has 0 saturated carbocycles. The summed E-state index contributed by atoms with van der Waals surface area (Å²) >= 11 is 0. The van der Waals surface area contributed by atoms with Crippen LogP contribution in [0.4, 0.5) is 5.69 Å². The van der Waals surface area contributed by atoms with E-state index < -0.39 is 0 Å². The molecule has 0 aromatic heterocycles. The number of carbonyl (C=O) groups excluding carboxylic acids is 1. The van der Waals surface area contributed by atoms with Crippen molar-refractivity contribution in [2.75, 3.05) is 64.5 Å². The first-order valence-electron chi connectivity index (χ1n) is 10.7. The summed E-state index contributed by atoms with van der Waals surface area (Å²) in [6.07, 6.45) is 0.933. The van der Waals surface area contributed by atoms with Crippen LogP contribution in [-0.2, 0) is 4.74 Å². The van der Waals surface area contributed by atoms with Crippen molar-refractivity contribution < 1.29 is 14.3 Å². The molecule has 1 saturated heterocycles. The topological polar surface area (TPSA) is 54.0 Å². The maximum Gasteiger partial charge on any atom is 0.255 e. The fourth-order valence-electron chi connectivity index (χ4n) is 3.67. The molecule has 0 atom stereocenters. The molecule has 0 radical (unpaired) electrons. The minimum atomic E-state index is -0.0905. The van der Waals surface area contributed by atoms with Crippen LogP contribution in [0.3, 0.4) is 0 Å². The van der Waals surface area contributed by atoms with Gasteiger partial charge in [-0.05, 0) is 49.7 Å². The van der Waals surface area contributed by atoms with Gasteiger partial charge in [-0.1, -0.05) is 24.3 Å². The summed E-state index contributed by atoms with van der Waals surface area (Å²) in [5, 5.41) is 3.02. The van der Waals surface area contributed by atoms with Gasteiger partial charge in [0.1, 0.15) is 12.4 Å². The van der Waals surface area contributed by atoms with Gasteiger partial charge < -0.3 is 19.7 Å². The SMILES string of the molecule is COCCOc1ccccc1C(=O)NCCCN1CCN(c2cccc(C)c2)CC1. The summed E-state index contributed by atoms with van der Waals surface area (Å²) in [4.78, 5) is 17.5. The first-order chi connectivity index (χ1) is 14.7. The highest BCUT2D eigenvalue weighted by molar-refractivity contribution is 5.96. The van der Waals surface area contributed by atoms with Crippen molar-refractivity contribution in [3.05, 3.63) is 59.7 Å². The molecule has 0 unspecified atom stereocenters. The van der Waals surface area contributed by atoms with Crippen molar-refractivity contribution in [2.24, 2.45) is 0 Å². The number of para-hydroxylation sites is 1. The third kappa shape index (κ3) is 6.47. The zero-order valence-electron chi connectivity index (χ0n) is 18.1. The minimum Gasteiger partial charge on any atom is -0.490 e. The third-order valence-electron chi connectivity index (χ3n) is 5.35. The van der Waals surface area contributed by atoms with Gasteiger partial charge in [-0.15, -0.1) is 0 Å². The van der Waals surface area contributed by atoms with E-state index in [1.165, 1.54) is 11.3 Å². The number of ether oxygens (including phenoxy) is 2. The largest absolute Gasteiger partial charge is 0.490 e. The molecule has 6 heteroatoms. The highest BCUT2D eigenvalue weighted by atomic mass is 16.5. The molecule has 30 heavy (non-hydrogen) atoms. The van der Waals surface area contributed by atoms with E-state index in [1.54, 1.807) is 13.2 Å². The fraction of sp³-hybridized carbons (Fsp3) is 0.458. The maximum atomic E-state index is 12.5. The lowest BCUT2D eigenvalue weighted by molar-refractivity contribution is 0.0943. The number of amides is 1. The minimum absolute atomic E-state index is 0.0905. The van der Waals surface area contributed by atoms with Crippen LogP contribution < -0.4 is 15.0 Å². The van der Waals surface area contributed by atoms with Gasteiger partial charge in [0.2, 0.25) is 0 Å². The average Bonchev–Trinajstić information content (AvgIpc) is 2.77. The lowest BCUT2D eigenvalue weighted by atomic mass is 10.2. The van der Waals surface area contributed by atoms with Gasteiger partial charge in [0, 0.05) is 45.5 Å². The van der Waals surface area contributed by atoms with E-state index in [0.29, 0.717) is 31.1 Å². The number of piperazine rings is 1. The molecule has 1 N–H and O–H groups in total. The van der Waals surface area contributed by atoms with Crippen LogP contribution in [0, 0.1) is 6.92 Å². The van der Waals surface area contributed by atoms with Crippen LogP contribution in [0.1, 0.15) is 22.3 Å². The molecule has 3 rings (SSSR count). The van der Waals surface area contributed by atoms with E-state index in [9.17, 15) is 4.79 Å². The van der Waals surface area contributed by atoms with Gasteiger partial charge in [-0.25, -0.2) is 0 Å². The predicted molar refractivity (Wildman–Crippen MR) is 121 cm³/mol. The van der Waals surface area contributed by atoms with E-state index in [0.717, 1.165) is 39.1 Å². The van der Waals surface area contributed by atoms with E-state index in [2.05, 4.69) is 46.3 Å². The standard InChI is InChI=1S/C24H33N3O3/c1-20-7-5-8-21(19-20)27-15-13-26(14-16-27)12-6-11-25-24(28)22-9-3-4-10-23(22)30-18-17-29-2/h3-5,7-10,19H,6,11-18H2,1-2H3,(H,25,28). The number of nitrogens with one attached hydrogen (secondary N) is 1. The average molecular weight is 412 g/mol. The quantitative estimate of drug-likeness (QED) is 0.609. The number of benzene rings is 2. The van der Waals surface area contributed by atoms with Gasteiger partial charge in [0.15, 0.2) is 0 Å². The van der Waals surface area contributed by atoms with Gasteiger partial charge in [0.05, 0.1) is 12.2 Å². The molecule has 6 nitrogen and oxygen atoms in total. The van der Waals surface area contributed by atoms with Gasteiger partial charge in [-0.2, -0.15) is 0 Å². The van der Waals surface area contributed by atoms with E-state index in [1.807, 2.05) is 18.2 Å². The molecule has 1 amide bonds. The van der Waals surface area contributed by atoms with E-state index in [4.69, 9.17) is 9.47 Å². The Hall–Kier alpha value is -2.57. The molecular formula is C24H33N3O3. The molecule has 2 aromatic rings. The van der Waals surface area contributed by atoms with Gasteiger partial charge in [-0.3, -0.25) is 9.69 Å². The molecule has 0 aliphatic carbocycles. The number of aryl methyl sites for hydroxylation is 1. The molecule has 1 aliphatic heterocycles.